The number of carbonyl (C=O) groups excluding carboxylic acids is 2. The van der Waals surface area contributed by atoms with E-state index >= 15 is 0 Å². The van der Waals surface area contributed by atoms with E-state index in [4.69, 9.17) is 0 Å². The molecule has 0 amide bonds. The molecule has 0 spiro atoms. The minimum atomic E-state index is 0.0335. The van der Waals surface area contributed by atoms with Crippen LogP contribution in [0.5, 0.6) is 0 Å². The van der Waals surface area contributed by atoms with Gasteiger partial charge < -0.3 is 0 Å². The highest BCUT2D eigenvalue weighted by molar-refractivity contribution is 8.13. The topological polar surface area (TPSA) is 34.1 Å². The number of hydrogen-bond acceptors (Lipinski definition) is 3. The van der Waals surface area contributed by atoms with Gasteiger partial charge in [-0.25, -0.2) is 0 Å². The van der Waals surface area contributed by atoms with Gasteiger partial charge in [-0.3, -0.25) is 9.59 Å². The molecule has 0 atom stereocenters. The maximum Gasteiger partial charge on any atom is 0.186 e. The van der Waals surface area contributed by atoms with Crippen LogP contribution in [0.3, 0.4) is 0 Å². The van der Waals surface area contributed by atoms with E-state index in [9.17, 15) is 9.59 Å². The number of aryl methyl sites for hydroxylation is 1. The largest absolute Gasteiger partial charge is 0.295 e. The summed E-state index contributed by atoms with van der Waals surface area (Å²) in [7, 11) is 0. The van der Waals surface area contributed by atoms with Crippen LogP contribution in [0.4, 0.5) is 0 Å². The van der Waals surface area contributed by atoms with Crippen LogP contribution < -0.4 is 0 Å². The SMILES string of the molecule is CC(=O)SCC#Cc1cc(C(C)=O)ccc1C. The van der Waals surface area contributed by atoms with Crippen LogP contribution in [0.25, 0.3) is 0 Å². The summed E-state index contributed by atoms with van der Waals surface area (Å²) >= 11 is 1.19. The summed E-state index contributed by atoms with van der Waals surface area (Å²) in [5.41, 5.74) is 2.55. The second kappa shape index (κ2) is 6.27. The molecule has 0 heterocycles. The van der Waals surface area contributed by atoms with Crippen LogP contribution in [0.2, 0.25) is 0 Å². The van der Waals surface area contributed by atoms with Crippen LogP contribution in [0.1, 0.15) is 35.3 Å². The zero-order valence-electron chi connectivity index (χ0n) is 10.2. The molecule has 0 aliphatic rings. The summed E-state index contributed by atoms with van der Waals surface area (Å²) in [6, 6.07) is 5.48. The molecule has 0 N–H and O–H groups in total. The van der Waals surface area contributed by atoms with E-state index in [1.54, 1.807) is 12.1 Å². The lowest BCUT2D eigenvalue weighted by Gasteiger charge is -2.00. The molecule has 3 heteroatoms. The molecule has 0 fully saturated rings. The van der Waals surface area contributed by atoms with Gasteiger partial charge in [-0.2, -0.15) is 0 Å². The molecule has 88 valence electrons. The standard InChI is InChI=1S/C14H14O2S/c1-10-6-7-14(11(2)15)9-13(10)5-4-8-17-12(3)16/h6-7,9H,8H2,1-3H3. The first-order valence-corrected chi connectivity index (χ1v) is 6.23. The van der Waals surface area contributed by atoms with Crippen molar-refractivity contribution in [1.82, 2.24) is 0 Å². The lowest BCUT2D eigenvalue weighted by atomic mass is 10.0. The smallest absolute Gasteiger partial charge is 0.186 e. The second-order valence-electron chi connectivity index (χ2n) is 3.67. The molecule has 1 aromatic carbocycles. The van der Waals surface area contributed by atoms with Gasteiger partial charge in [0, 0.05) is 18.1 Å². The summed E-state index contributed by atoms with van der Waals surface area (Å²) in [5, 5.41) is 0.0634. The predicted octanol–water partition coefficient (Wildman–Crippen LogP) is 2.83. The molecule has 0 saturated carbocycles. The number of ketones is 1. The first-order chi connectivity index (χ1) is 8.00. The first kappa shape index (κ1) is 13.5. The Kier molecular flexibility index (Phi) is 4.99. The lowest BCUT2D eigenvalue weighted by molar-refractivity contribution is -0.109. The van der Waals surface area contributed by atoms with E-state index in [1.165, 1.54) is 25.6 Å². The number of rotatable bonds is 2. The van der Waals surface area contributed by atoms with Crippen LogP contribution >= 0.6 is 11.8 Å². The third kappa shape index (κ3) is 4.46. The number of thioether (sulfide) groups is 1. The van der Waals surface area contributed by atoms with Gasteiger partial charge in [-0.15, -0.1) is 0 Å². The third-order valence-electron chi connectivity index (χ3n) is 2.21. The van der Waals surface area contributed by atoms with Crippen molar-refractivity contribution in [3.8, 4) is 11.8 Å². The van der Waals surface area contributed by atoms with Crippen molar-refractivity contribution in [3.05, 3.63) is 34.9 Å². The molecule has 0 radical (unpaired) electrons. The molecule has 17 heavy (non-hydrogen) atoms. The maximum atomic E-state index is 11.2. The Morgan fingerprint density at radius 2 is 2.00 bits per heavy atom. The first-order valence-electron chi connectivity index (χ1n) is 5.24. The summed E-state index contributed by atoms with van der Waals surface area (Å²) in [6.45, 7) is 5.01. The fourth-order valence-corrected chi connectivity index (χ4v) is 1.59. The molecular weight excluding hydrogens is 232 g/mol. The van der Waals surface area contributed by atoms with Gasteiger partial charge in [-0.1, -0.05) is 35.7 Å². The Morgan fingerprint density at radius 1 is 1.29 bits per heavy atom. The summed E-state index contributed by atoms with van der Waals surface area (Å²) in [6.07, 6.45) is 0. The summed E-state index contributed by atoms with van der Waals surface area (Å²) < 4.78 is 0. The molecule has 0 bridgehead atoms. The number of hydrogen-bond donors (Lipinski definition) is 0. The molecule has 1 aromatic rings. The van der Waals surface area contributed by atoms with Gasteiger partial charge in [0.05, 0.1) is 5.75 Å². The zero-order chi connectivity index (χ0) is 12.8. The monoisotopic (exact) mass is 246 g/mol. The highest BCUT2D eigenvalue weighted by Gasteiger charge is 2.01. The number of carbonyl (C=O) groups is 2. The average molecular weight is 246 g/mol. The Morgan fingerprint density at radius 3 is 2.59 bits per heavy atom. The van der Waals surface area contributed by atoms with E-state index in [-0.39, 0.29) is 10.9 Å². The molecule has 0 saturated heterocycles. The molecule has 0 unspecified atom stereocenters. The maximum absolute atomic E-state index is 11.2. The fraction of sp³-hybridized carbons (Fsp3) is 0.286. The normalized spacial score (nSPS) is 9.35. The molecular formula is C14H14O2S. The van der Waals surface area contributed by atoms with Crippen molar-refractivity contribution in [2.45, 2.75) is 20.8 Å². The molecule has 0 aliphatic carbocycles. The van der Waals surface area contributed by atoms with Crippen molar-refractivity contribution in [2.24, 2.45) is 0 Å². The van der Waals surface area contributed by atoms with Crippen molar-refractivity contribution in [2.75, 3.05) is 5.75 Å². The molecule has 2 nitrogen and oxygen atoms in total. The fourth-order valence-electron chi connectivity index (χ4n) is 1.24. The predicted molar refractivity (Wildman–Crippen MR) is 71.2 cm³/mol. The number of benzene rings is 1. The van der Waals surface area contributed by atoms with E-state index in [1.807, 2.05) is 13.0 Å². The Labute approximate surface area is 106 Å². The Balaban J connectivity index is 2.86. The van der Waals surface area contributed by atoms with Crippen LogP contribution in [0.15, 0.2) is 18.2 Å². The second-order valence-corrected chi connectivity index (χ2v) is 4.82. The minimum absolute atomic E-state index is 0.0335. The van der Waals surface area contributed by atoms with Crippen LogP contribution in [-0.4, -0.2) is 16.7 Å². The van der Waals surface area contributed by atoms with Crippen LogP contribution in [-0.2, 0) is 4.79 Å². The van der Waals surface area contributed by atoms with Gasteiger partial charge in [-0.05, 0) is 25.5 Å². The van der Waals surface area contributed by atoms with Crippen molar-refractivity contribution >= 4 is 22.7 Å². The summed E-state index contributed by atoms with van der Waals surface area (Å²) in [4.78, 5) is 21.9. The molecule has 1 rings (SSSR count). The van der Waals surface area contributed by atoms with Crippen molar-refractivity contribution in [3.63, 3.8) is 0 Å². The zero-order valence-corrected chi connectivity index (χ0v) is 11.0. The van der Waals surface area contributed by atoms with Gasteiger partial charge in [0.2, 0.25) is 0 Å². The highest BCUT2D eigenvalue weighted by atomic mass is 32.2. The van der Waals surface area contributed by atoms with E-state index in [2.05, 4.69) is 11.8 Å². The van der Waals surface area contributed by atoms with Gasteiger partial charge in [0.25, 0.3) is 0 Å². The molecule has 0 aliphatic heterocycles. The minimum Gasteiger partial charge on any atom is -0.295 e. The highest BCUT2D eigenvalue weighted by Crippen LogP contribution is 2.10. The molecule has 0 aromatic heterocycles. The lowest BCUT2D eigenvalue weighted by Crippen LogP contribution is -1.94. The summed E-state index contributed by atoms with van der Waals surface area (Å²) in [5.74, 6) is 6.43. The van der Waals surface area contributed by atoms with Gasteiger partial charge in [0.15, 0.2) is 10.9 Å². The average Bonchev–Trinajstić information content (AvgIpc) is 2.25. The third-order valence-corrected chi connectivity index (χ3v) is 2.91. The van der Waals surface area contributed by atoms with Gasteiger partial charge in [0.1, 0.15) is 0 Å². The van der Waals surface area contributed by atoms with Crippen LogP contribution in [0, 0.1) is 18.8 Å². The number of Topliss-reactive ketones (excluding diaryl/α,β-unsaturated/α-hetero) is 1. The Bertz CT molecular complexity index is 507. The van der Waals surface area contributed by atoms with Crippen molar-refractivity contribution in [1.29, 1.82) is 0 Å². The van der Waals surface area contributed by atoms with E-state index in [0.29, 0.717) is 11.3 Å². The van der Waals surface area contributed by atoms with Crippen molar-refractivity contribution < 1.29 is 9.59 Å². The van der Waals surface area contributed by atoms with E-state index < -0.39 is 0 Å². The Hall–Kier alpha value is -1.53. The van der Waals surface area contributed by atoms with E-state index in [0.717, 1.165) is 11.1 Å². The quantitative estimate of drug-likeness (QED) is 0.594. The van der Waals surface area contributed by atoms with Gasteiger partial charge >= 0.3 is 0 Å².